The molecule has 4 heteroatoms. The van der Waals surface area contributed by atoms with Crippen LogP contribution in [0.15, 0.2) is 28.7 Å². The SMILES string of the molecule is Cc1oc(CCN)nc1-c1ccc(F)cc1. The molecule has 3 nitrogen and oxygen atoms in total. The van der Waals surface area contributed by atoms with Gasteiger partial charge < -0.3 is 10.2 Å². The molecule has 0 aliphatic carbocycles. The van der Waals surface area contributed by atoms with E-state index in [1.165, 1.54) is 12.1 Å². The third-order valence-corrected chi connectivity index (χ3v) is 2.32. The van der Waals surface area contributed by atoms with Crippen molar-refractivity contribution in [1.82, 2.24) is 4.98 Å². The van der Waals surface area contributed by atoms with Gasteiger partial charge in [-0.3, -0.25) is 0 Å². The zero-order chi connectivity index (χ0) is 11.5. The van der Waals surface area contributed by atoms with Crippen LogP contribution in [0.2, 0.25) is 0 Å². The average Bonchev–Trinajstić information content (AvgIpc) is 2.61. The summed E-state index contributed by atoms with van der Waals surface area (Å²) < 4.78 is 18.2. The first-order chi connectivity index (χ1) is 7.70. The Bertz CT molecular complexity index is 476. The van der Waals surface area contributed by atoms with E-state index < -0.39 is 0 Å². The first kappa shape index (κ1) is 10.8. The van der Waals surface area contributed by atoms with E-state index in [2.05, 4.69) is 4.98 Å². The van der Waals surface area contributed by atoms with Crippen LogP contribution >= 0.6 is 0 Å². The van der Waals surface area contributed by atoms with Crippen molar-refractivity contribution in [3.05, 3.63) is 41.7 Å². The Hall–Kier alpha value is -1.68. The third kappa shape index (κ3) is 2.12. The van der Waals surface area contributed by atoms with E-state index in [4.69, 9.17) is 10.2 Å². The zero-order valence-electron chi connectivity index (χ0n) is 9.03. The fourth-order valence-electron chi connectivity index (χ4n) is 1.56. The smallest absolute Gasteiger partial charge is 0.196 e. The van der Waals surface area contributed by atoms with E-state index in [0.717, 1.165) is 17.0 Å². The lowest BCUT2D eigenvalue weighted by Crippen LogP contribution is -2.02. The molecule has 1 aromatic heterocycles. The molecule has 0 unspecified atom stereocenters. The number of nitrogens with zero attached hydrogens (tertiary/aromatic N) is 1. The number of aromatic nitrogens is 1. The van der Waals surface area contributed by atoms with Gasteiger partial charge in [-0.25, -0.2) is 9.37 Å². The fraction of sp³-hybridized carbons (Fsp3) is 0.250. The summed E-state index contributed by atoms with van der Waals surface area (Å²) in [5, 5.41) is 0. The second-order valence-corrected chi connectivity index (χ2v) is 3.56. The number of hydrogen-bond donors (Lipinski definition) is 1. The van der Waals surface area contributed by atoms with Gasteiger partial charge in [-0.2, -0.15) is 0 Å². The molecule has 16 heavy (non-hydrogen) atoms. The highest BCUT2D eigenvalue weighted by molar-refractivity contribution is 5.60. The molecule has 0 aliphatic heterocycles. The maximum Gasteiger partial charge on any atom is 0.196 e. The highest BCUT2D eigenvalue weighted by Crippen LogP contribution is 2.23. The lowest BCUT2D eigenvalue weighted by atomic mass is 10.1. The quantitative estimate of drug-likeness (QED) is 0.863. The molecule has 0 spiro atoms. The molecule has 0 saturated carbocycles. The van der Waals surface area contributed by atoms with Gasteiger partial charge >= 0.3 is 0 Å². The summed E-state index contributed by atoms with van der Waals surface area (Å²) in [5.41, 5.74) is 7.03. The predicted octanol–water partition coefficient (Wildman–Crippen LogP) is 2.29. The molecule has 0 atom stereocenters. The Labute approximate surface area is 93.1 Å². The van der Waals surface area contributed by atoms with Crippen molar-refractivity contribution in [3.8, 4) is 11.3 Å². The predicted molar refractivity (Wildman–Crippen MR) is 59.4 cm³/mol. The van der Waals surface area contributed by atoms with Gasteiger partial charge in [0.05, 0.1) is 0 Å². The maximum atomic E-state index is 12.8. The minimum absolute atomic E-state index is 0.257. The lowest BCUT2D eigenvalue weighted by molar-refractivity contribution is 0.473. The molecule has 2 rings (SSSR count). The summed E-state index contributed by atoms with van der Waals surface area (Å²) in [7, 11) is 0. The largest absolute Gasteiger partial charge is 0.445 e. The van der Waals surface area contributed by atoms with E-state index >= 15 is 0 Å². The highest BCUT2D eigenvalue weighted by Gasteiger charge is 2.10. The fourth-order valence-corrected chi connectivity index (χ4v) is 1.56. The molecular formula is C12H13FN2O. The minimum atomic E-state index is -0.257. The van der Waals surface area contributed by atoms with Crippen LogP contribution in [0.1, 0.15) is 11.7 Å². The lowest BCUT2D eigenvalue weighted by Gasteiger charge is -1.96. The molecular weight excluding hydrogens is 207 g/mol. The molecule has 2 aromatic rings. The van der Waals surface area contributed by atoms with Gasteiger partial charge in [0.25, 0.3) is 0 Å². The second kappa shape index (κ2) is 4.45. The summed E-state index contributed by atoms with van der Waals surface area (Å²) in [6.07, 6.45) is 0.613. The first-order valence-corrected chi connectivity index (χ1v) is 5.13. The Morgan fingerprint density at radius 1 is 1.31 bits per heavy atom. The highest BCUT2D eigenvalue weighted by atomic mass is 19.1. The molecule has 0 amide bonds. The van der Waals surface area contributed by atoms with Crippen LogP contribution in [0.25, 0.3) is 11.3 Å². The molecule has 0 bridgehead atoms. The van der Waals surface area contributed by atoms with Gasteiger partial charge in [-0.15, -0.1) is 0 Å². The minimum Gasteiger partial charge on any atom is -0.445 e. The van der Waals surface area contributed by atoms with Gasteiger partial charge in [0.1, 0.15) is 17.3 Å². The average molecular weight is 220 g/mol. The van der Waals surface area contributed by atoms with Gasteiger partial charge in [-0.05, 0) is 31.2 Å². The maximum absolute atomic E-state index is 12.8. The molecule has 84 valence electrons. The van der Waals surface area contributed by atoms with Crippen LogP contribution in [0.5, 0.6) is 0 Å². The molecule has 1 heterocycles. The van der Waals surface area contributed by atoms with E-state index in [1.54, 1.807) is 12.1 Å². The van der Waals surface area contributed by atoms with Crippen LogP contribution in [-0.4, -0.2) is 11.5 Å². The zero-order valence-corrected chi connectivity index (χ0v) is 9.03. The number of aryl methyl sites for hydroxylation is 1. The van der Waals surface area contributed by atoms with Gasteiger partial charge in [0, 0.05) is 18.5 Å². The van der Waals surface area contributed by atoms with Crippen molar-refractivity contribution in [3.63, 3.8) is 0 Å². The molecule has 2 N–H and O–H groups in total. The third-order valence-electron chi connectivity index (χ3n) is 2.32. The van der Waals surface area contributed by atoms with Crippen molar-refractivity contribution in [2.45, 2.75) is 13.3 Å². The molecule has 0 saturated heterocycles. The number of rotatable bonds is 3. The number of nitrogens with two attached hydrogens (primary N) is 1. The molecule has 0 radical (unpaired) electrons. The number of oxazole rings is 1. The van der Waals surface area contributed by atoms with Crippen molar-refractivity contribution < 1.29 is 8.81 Å². The first-order valence-electron chi connectivity index (χ1n) is 5.13. The van der Waals surface area contributed by atoms with Gasteiger partial charge in [0.15, 0.2) is 5.89 Å². The summed E-state index contributed by atoms with van der Waals surface area (Å²) in [5.74, 6) is 1.10. The van der Waals surface area contributed by atoms with Crippen LogP contribution in [0, 0.1) is 12.7 Å². The van der Waals surface area contributed by atoms with Crippen LogP contribution < -0.4 is 5.73 Å². The number of benzene rings is 1. The molecule has 1 aromatic carbocycles. The van der Waals surface area contributed by atoms with E-state index in [-0.39, 0.29) is 5.82 Å². The normalized spacial score (nSPS) is 10.7. The second-order valence-electron chi connectivity index (χ2n) is 3.56. The van der Waals surface area contributed by atoms with Crippen molar-refractivity contribution in [2.75, 3.05) is 6.54 Å². The Morgan fingerprint density at radius 3 is 2.62 bits per heavy atom. The van der Waals surface area contributed by atoms with E-state index in [0.29, 0.717) is 18.9 Å². The van der Waals surface area contributed by atoms with Crippen LogP contribution in [0.4, 0.5) is 4.39 Å². The van der Waals surface area contributed by atoms with Gasteiger partial charge in [-0.1, -0.05) is 0 Å². The summed E-state index contributed by atoms with van der Waals surface area (Å²) in [6, 6.07) is 6.19. The summed E-state index contributed by atoms with van der Waals surface area (Å²) in [4.78, 5) is 4.33. The Balaban J connectivity index is 2.36. The van der Waals surface area contributed by atoms with E-state index in [1.807, 2.05) is 6.92 Å². The number of hydrogen-bond acceptors (Lipinski definition) is 3. The summed E-state index contributed by atoms with van der Waals surface area (Å²) >= 11 is 0. The van der Waals surface area contributed by atoms with Crippen molar-refractivity contribution in [1.29, 1.82) is 0 Å². The van der Waals surface area contributed by atoms with Crippen LogP contribution in [-0.2, 0) is 6.42 Å². The van der Waals surface area contributed by atoms with Crippen molar-refractivity contribution in [2.24, 2.45) is 5.73 Å². The molecule has 0 aliphatic rings. The van der Waals surface area contributed by atoms with Crippen LogP contribution in [0.3, 0.4) is 0 Å². The van der Waals surface area contributed by atoms with E-state index in [9.17, 15) is 4.39 Å². The van der Waals surface area contributed by atoms with Crippen molar-refractivity contribution >= 4 is 0 Å². The Morgan fingerprint density at radius 2 is 2.00 bits per heavy atom. The standard InChI is InChI=1S/C12H13FN2O/c1-8-12(15-11(16-8)6-7-14)9-2-4-10(13)5-3-9/h2-5H,6-7,14H2,1H3. The monoisotopic (exact) mass is 220 g/mol. The topological polar surface area (TPSA) is 52.0 Å². The van der Waals surface area contributed by atoms with Gasteiger partial charge in [0.2, 0.25) is 0 Å². The summed E-state index contributed by atoms with van der Waals surface area (Å²) in [6.45, 7) is 2.34. The molecule has 0 fully saturated rings. The Kier molecular flexibility index (Phi) is 3.01. The number of halogens is 1.